The molecule has 19 heavy (non-hydrogen) atoms. The fourth-order valence-electron chi connectivity index (χ4n) is 2.70. The SMILES string of the molecule is CCC1CCCCC1NC(=O)c1ccc(C(=O)O)s1. The van der Waals surface area contributed by atoms with Gasteiger partial charge in [-0.2, -0.15) is 0 Å². The molecule has 1 aromatic heterocycles. The van der Waals surface area contributed by atoms with Gasteiger partial charge in [-0.05, 0) is 30.9 Å². The van der Waals surface area contributed by atoms with E-state index < -0.39 is 5.97 Å². The molecule has 2 N–H and O–H groups in total. The van der Waals surface area contributed by atoms with Gasteiger partial charge in [0.15, 0.2) is 0 Å². The average Bonchev–Trinajstić information content (AvgIpc) is 2.89. The van der Waals surface area contributed by atoms with Crippen molar-refractivity contribution in [3.63, 3.8) is 0 Å². The highest BCUT2D eigenvalue weighted by atomic mass is 32.1. The van der Waals surface area contributed by atoms with E-state index >= 15 is 0 Å². The standard InChI is InChI=1S/C14H19NO3S/c1-2-9-5-3-4-6-10(9)15-13(16)11-7-8-12(19-11)14(17)18/h7-10H,2-6H2,1H3,(H,15,16)(H,17,18). The Morgan fingerprint density at radius 2 is 2.00 bits per heavy atom. The van der Waals surface area contributed by atoms with Crippen LogP contribution in [0.15, 0.2) is 12.1 Å². The van der Waals surface area contributed by atoms with E-state index in [1.54, 1.807) is 6.07 Å². The second kappa shape index (κ2) is 6.19. The molecule has 0 bridgehead atoms. The Kier molecular flexibility index (Phi) is 4.58. The highest BCUT2D eigenvalue weighted by Crippen LogP contribution is 2.27. The largest absolute Gasteiger partial charge is 0.477 e. The highest BCUT2D eigenvalue weighted by molar-refractivity contribution is 7.15. The summed E-state index contributed by atoms with van der Waals surface area (Å²) in [5, 5.41) is 11.9. The second-order valence-corrected chi connectivity index (χ2v) is 6.09. The molecule has 1 saturated carbocycles. The Morgan fingerprint density at radius 3 is 2.63 bits per heavy atom. The number of nitrogens with one attached hydrogen (secondary N) is 1. The molecule has 1 heterocycles. The number of hydrogen-bond donors (Lipinski definition) is 2. The van der Waals surface area contributed by atoms with Gasteiger partial charge in [0.05, 0.1) is 4.88 Å². The lowest BCUT2D eigenvalue weighted by Gasteiger charge is -2.31. The Labute approximate surface area is 116 Å². The summed E-state index contributed by atoms with van der Waals surface area (Å²) in [4.78, 5) is 23.6. The van der Waals surface area contributed by atoms with Crippen molar-refractivity contribution in [2.45, 2.75) is 45.1 Å². The van der Waals surface area contributed by atoms with E-state index in [1.165, 1.54) is 18.9 Å². The summed E-state index contributed by atoms with van der Waals surface area (Å²) in [6.45, 7) is 2.16. The minimum Gasteiger partial charge on any atom is -0.477 e. The van der Waals surface area contributed by atoms with Gasteiger partial charge in [-0.15, -0.1) is 11.3 Å². The maximum absolute atomic E-state index is 12.1. The molecular weight excluding hydrogens is 262 g/mol. The smallest absolute Gasteiger partial charge is 0.345 e. The zero-order valence-corrected chi connectivity index (χ0v) is 11.8. The second-order valence-electron chi connectivity index (χ2n) is 5.00. The molecule has 1 fully saturated rings. The molecule has 4 nitrogen and oxygen atoms in total. The predicted molar refractivity (Wildman–Crippen MR) is 74.8 cm³/mol. The van der Waals surface area contributed by atoms with Crippen molar-refractivity contribution in [3.05, 3.63) is 21.9 Å². The number of aromatic carboxylic acids is 1. The first-order valence-electron chi connectivity index (χ1n) is 6.75. The molecule has 2 atom stereocenters. The predicted octanol–water partition coefficient (Wildman–Crippen LogP) is 3.14. The molecule has 1 aliphatic carbocycles. The van der Waals surface area contributed by atoms with Gasteiger partial charge in [0, 0.05) is 6.04 Å². The summed E-state index contributed by atoms with van der Waals surface area (Å²) in [7, 11) is 0. The number of carboxylic acid groups (broad SMARTS) is 1. The van der Waals surface area contributed by atoms with Gasteiger partial charge in [0.2, 0.25) is 0 Å². The average molecular weight is 281 g/mol. The van der Waals surface area contributed by atoms with Gasteiger partial charge in [-0.25, -0.2) is 4.79 Å². The van der Waals surface area contributed by atoms with Gasteiger partial charge in [0.1, 0.15) is 4.88 Å². The summed E-state index contributed by atoms with van der Waals surface area (Å²) in [6.07, 6.45) is 5.68. The molecule has 2 unspecified atom stereocenters. The van der Waals surface area contributed by atoms with Crippen molar-refractivity contribution in [3.8, 4) is 0 Å². The molecule has 0 saturated heterocycles. The zero-order valence-electron chi connectivity index (χ0n) is 11.0. The monoisotopic (exact) mass is 281 g/mol. The van der Waals surface area contributed by atoms with Gasteiger partial charge >= 0.3 is 5.97 Å². The lowest BCUT2D eigenvalue weighted by Crippen LogP contribution is -2.41. The fraction of sp³-hybridized carbons (Fsp3) is 0.571. The third-order valence-corrected chi connectivity index (χ3v) is 4.86. The molecule has 0 aliphatic heterocycles. The summed E-state index contributed by atoms with van der Waals surface area (Å²) in [5.74, 6) is -0.562. The molecule has 1 aliphatic rings. The van der Waals surface area contributed by atoms with Crippen LogP contribution in [0.3, 0.4) is 0 Å². The summed E-state index contributed by atoms with van der Waals surface area (Å²) in [6, 6.07) is 3.31. The maximum atomic E-state index is 12.1. The maximum Gasteiger partial charge on any atom is 0.345 e. The van der Waals surface area contributed by atoms with Crippen molar-refractivity contribution in [1.29, 1.82) is 0 Å². The molecule has 1 aromatic rings. The first-order chi connectivity index (χ1) is 9.11. The molecular formula is C14H19NO3S. The number of amides is 1. The van der Waals surface area contributed by atoms with Crippen LogP contribution in [0.1, 0.15) is 58.4 Å². The molecule has 0 aromatic carbocycles. The van der Waals surface area contributed by atoms with E-state index in [0.29, 0.717) is 10.8 Å². The summed E-state index contributed by atoms with van der Waals surface area (Å²) >= 11 is 1.03. The van der Waals surface area contributed by atoms with E-state index in [1.807, 2.05) is 0 Å². The molecule has 2 rings (SSSR count). The van der Waals surface area contributed by atoms with Gasteiger partial charge < -0.3 is 10.4 Å². The summed E-state index contributed by atoms with van der Waals surface area (Å²) in [5.41, 5.74) is 0. The van der Waals surface area contributed by atoms with Crippen molar-refractivity contribution in [2.24, 2.45) is 5.92 Å². The van der Waals surface area contributed by atoms with Crippen molar-refractivity contribution in [1.82, 2.24) is 5.32 Å². The van der Waals surface area contributed by atoms with Crippen LogP contribution in [0.25, 0.3) is 0 Å². The first-order valence-corrected chi connectivity index (χ1v) is 7.57. The Hall–Kier alpha value is -1.36. The van der Waals surface area contributed by atoms with Crippen LogP contribution in [0.5, 0.6) is 0 Å². The first kappa shape index (κ1) is 14.1. The third-order valence-electron chi connectivity index (χ3n) is 3.79. The van der Waals surface area contributed by atoms with Gasteiger partial charge in [-0.3, -0.25) is 4.79 Å². The number of hydrogen-bond acceptors (Lipinski definition) is 3. The molecule has 104 valence electrons. The number of carbonyl (C=O) groups excluding carboxylic acids is 1. The molecule has 0 radical (unpaired) electrons. The summed E-state index contributed by atoms with van der Waals surface area (Å²) < 4.78 is 0. The zero-order chi connectivity index (χ0) is 13.8. The third kappa shape index (κ3) is 3.35. The van der Waals surface area contributed by atoms with Crippen molar-refractivity contribution in [2.75, 3.05) is 0 Å². The fourth-order valence-corrected chi connectivity index (χ4v) is 3.45. The van der Waals surface area contributed by atoms with Crippen molar-refractivity contribution >= 4 is 23.2 Å². The van der Waals surface area contributed by atoms with Gasteiger partial charge in [-0.1, -0.05) is 26.2 Å². The Balaban J connectivity index is 2.01. The molecule has 1 amide bonds. The number of rotatable bonds is 4. The van der Waals surface area contributed by atoms with Crippen LogP contribution in [0.4, 0.5) is 0 Å². The van der Waals surface area contributed by atoms with E-state index in [0.717, 1.165) is 30.6 Å². The van der Waals surface area contributed by atoms with Crippen molar-refractivity contribution < 1.29 is 14.7 Å². The lowest BCUT2D eigenvalue weighted by molar-refractivity contribution is 0.0702. The molecule has 0 spiro atoms. The van der Waals surface area contributed by atoms with Crippen LogP contribution in [-0.2, 0) is 0 Å². The Bertz CT molecular complexity index is 469. The van der Waals surface area contributed by atoms with E-state index in [-0.39, 0.29) is 16.8 Å². The minimum absolute atomic E-state index is 0.136. The van der Waals surface area contributed by atoms with Crippen LogP contribution in [0.2, 0.25) is 0 Å². The van der Waals surface area contributed by atoms with E-state index in [9.17, 15) is 9.59 Å². The topological polar surface area (TPSA) is 66.4 Å². The lowest BCUT2D eigenvalue weighted by atomic mass is 9.83. The van der Waals surface area contributed by atoms with Gasteiger partial charge in [0.25, 0.3) is 5.91 Å². The van der Waals surface area contributed by atoms with Crippen LogP contribution < -0.4 is 5.32 Å². The molecule has 5 heteroatoms. The van der Waals surface area contributed by atoms with Crippen LogP contribution in [0, 0.1) is 5.92 Å². The number of thiophene rings is 1. The van der Waals surface area contributed by atoms with Crippen LogP contribution >= 0.6 is 11.3 Å². The minimum atomic E-state index is -0.979. The normalized spacial score (nSPS) is 23.0. The highest BCUT2D eigenvalue weighted by Gasteiger charge is 2.25. The quantitative estimate of drug-likeness (QED) is 0.891. The van der Waals surface area contributed by atoms with E-state index in [4.69, 9.17) is 5.11 Å². The number of carbonyl (C=O) groups is 2. The van der Waals surface area contributed by atoms with Crippen LogP contribution in [-0.4, -0.2) is 23.0 Å². The number of carboxylic acids is 1. The van der Waals surface area contributed by atoms with E-state index in [2.05, 4.69) is 12.2 Å². The Morgan fingerprint density at radius 1 is 1.32 bits per heavy atom.